The van der Waals surface area contributed by atoms with E-state index in [2.05, 4.69) is 17.2 Å². The van der Waals surface area contributed by atoms with Gasteiger partial charge in [0, 0.05) is 35.7 Å². The number of carbonyl (C=O) groups is 1. The topological polar surface area (TPSA) is 107 Å². The molecule has 9 nitrogen and oxygen atoms in total. The van der Waals surface area contributed by atoms with Crippen molar-refractivity contribution in [2.75, 3.05) is 37.5 Å². The molecule has 0 radical (unpaired) electrons. The van der Waals surface area contributed by atoms with Gasteiger partial charge in [0.15, 0.2) is 16.6 Å². The summed E-state index contributed by atoms with van der Waals surface area (Å²) in [6, 6.07) is 10.1. The predicted octanol–water partition coefficient (Wildman–Crippen LogP) is 5.22. The molecule has 0 unspecified atom stereocenters. The van der Waals surface area contributed by atoms with Crippen molar-refractivity contribution >= 4 is 33.8 Å². The monoisotopic (exact) mass is 482 g/mol. The van der Waals surface area contributed by atoms with E-state index >= 15 is 0 Å². The number of hydrogen-bond donors (Lipinski definition) is 1. The average Bonchev–Trinajstić information content (AvgIpc) is 3.32. The quantitative estimate of drug-likeness (QED) is 0.363. The molecule has 34 heavy (non-hydrogen) atoms. The van der Waals surface area contributed by atoms with Gasteiger partial charge < -0.3 is 14.4 Å². The van der Waals surface area contributed by atoms with E-state index in [9.17, 15) is 14.9 Å². The zero-order valence-electron chi connectivity index (χ0n) is 19.2. The fourth-order valence-corrected chi connectivity index (χ4v) is 4.67. The van der Waals surface area contributed by atoms with Crippen LogP contribution in [0.3, 0.4) is 0 Å². The Kier molecular flexibility index (Phi) is 6.97. The Morgan fingerprint density at radius 1 is 1.15 bits per heavy atom. The molecule has 0 bridgehead atoms. The van der Waals surface area contributed by atoms with Crippen LogP contribution >= 0.6 is 11.3 Å². The number of aromatic nitrogens is 1. The van der Waals surface area contributed by atoms with Crippen molar-refractivity contribution in [3.8, 4) is 22.8 Å². The zero-order valence-corrected chi connectivity index (χ0v) is 20.1. The molecule has 2 aromatic carbocycles. The van der Waals surface area contributed by atoms with Gasteiger partial charge in [0.1, 0.15) is 5.69 Å². The summed E-state index contributed by atoms with van der Waals surface area (Å²) >= 11 is 1.27. The van der Waals surface area contributed by atoms with Gasteiger partial charge >= 0.3 is 0 Å². The highest BCUT2D eigenvalue weighted by atomic mass is 32.1. The second-order valence-corrected chi connectivity index (χ2v) is 9.05. The van der Waals surface area contributed by atoms with Crippen molar-refractivity contribution in [2.45, 2.75) is 19.8 Å². The third-order valence-corrected chi connectivity index (χ3v) is 6.72. The van der Waals surface area contributed by atoms with Gasteiger partial charge in [-0.3, -0.25) is 20.2 Å². The lowest BCUT2D eigenvalue weighted by Gasteiger charge is -2.31. The molecule has 0 saturated carbocycles. The van der Waals surface area contributed by atoms with Crippen molar-refractivity contribution < 1.29 is 19.2 Å². The Balaban J connectivity index is 1.52. The number of nitro benzene ring substituents is 1. The molecule has 178 valence electrons. The molecule has 4 rings (SSSR count). The SMILES string of the molecule is COc1ccc(-c2csc(NC(=O)c3ccc(N4CCC(C)CC4)c([N+](=O)[O-])c3)n2)cc1OC. The summed E-state index contributed by atoms with van der Waals surface area (Å²) in [7, 11) is 3.13. The first-order valence-corrected chi connectivity index (χ1v) is 11.8. The Morgan fingerprint density at radius 3 is 2.56 bits per heavy atom. The smallest absolute Gasteiger partial charge is 0.293 e. The van der Waals surface area contributed by atoms with Gasteiger partial charge in [0.05, 0.1) is 24.8 Å². The molecule has 1 saturated heterocycles. The summed E-state index contributed by atoms with van der Waals surface area (Å²) in [6.45, 7) is 3.73. The fourth-order valence-electron chi connectivity index (χ4n) is 3.96. The molecule has 1 aliphatic rings. The van der Waals surface area contributed by atoms with E-state index in [1.807, 2.05) is 22.4 Å². The average molecular weight is 483 g/mol. The number of hydrogen-bond acceptors (Lipinski definition) is 8. The maximum atomic E-state index is 12.8. The van der Waals surface area contributed by atoms with Crippen LogP contribution in [0.15, 0.2) is 41.8 Å². The number of ether oxygens (including phenoxy) is 2. The number of thiazole rings is 1. The number of nitrogens with zero attached hydrogens (tertiary/aromatic N) is 3. The minimum atomic E-state index is -0.449. The molecule has 1 N–H and O–H groups in total. The summed E-state index contributed by atoms with van der Waals surface area (Å²) < 4.78 is 10.6. The van der Waals surface area contributed by atoms with E-state index in [-0.39, 0.29) is 11.3 Å². The van der Waals surface area contributed by atoms with Gasteiger partial charge in [-0.25, -0.2) is 4.98 Å². The molecular formula is C24H26N4O5S. The van der Waals surface area contributed by atoms with E-state index in [1.54, 1.807) is 32.4 Å². The lowest BCUT2D eigenvalue weighted by atomic mass is 9.98. The van der Waals surface area contributed by atoms with Crippen LogP contribution in [-0.4, -0.2) is 43.1 Å². The predicted molar refractivity (Wildman–Crippen MR) is 132 cm³/mol. The first-order valence-electron chi connectivity index (χ1n) is 10.9. The number of rotatable bonds is 7. The molecule has 10 heteroatoms. The van der Waals surface area contributed by atoms with Gasteiger partial charge in [0.2, 0.25) is 0 Å². The van der Waals surface area contributed by atoms with Crippen molar-refractivity contribution in [1.29, 1.82) is 0 Å². The highest BCUT2D eigenvalue weighted by Gasteiger charge is 2.25. The van der Waals surface area contributed by atoms with Crippen LogP contribution in [0.25, 0.3) is 11.3 Å². The van der Waals surface area contributed by atoms with Gasteiger partial charge in [-0.1, -0.05) is 6.92 Å². The molecule has 1 aromatic heterocycles. The number of carbonyl (C=O) groups excluding carboxylic acids is 1. The summed E-state index contributed by atoms with van der Waals surface area (Å²) in [6.07, 6.45) is 1.98. The van der Waals surface area contributed by atoms with Crippen LogP contribution < -0.4 is 19.7 Å². The second kappa shape index (κ2) is 10.1. The number of methoxy groups -OCH3 is 2. The molecular weight excluding hydrogens is 456 g/mol. The number of nitro groups is 1. The number of amides is 1. The molecule has 1 aliphatic heterocycles. The summed E-state index contributed by atoms with van der Waals surface area (Å²) in [5, 5.41) is 16.7. The Hall–Kier alpha value is -3.66. The number of anilines is 2. The van der Waals surface area contributed by atoms with Gasteiger partial charge in [0.25, 0.3) is 11.6 Å². The standard InChI is InChI=1S/C24H26N4O5S/c1-15-8-10-27(11-9-15)19-6-4-17(12-20(19)28(30)31)23(29)26-24-25-18(14-34-24)16-5-7-21(32-2)22(13-16)33-3/h4-7,12-15H,8-11H2,1-3H3,(H,25,26,29). The van der Waals surface area contributed by atoms with E-state index < -0.39 is 10.8 Å². The third kappa shape index (κ3) is 4.96. The minimum absolute atomic E-state index is 0.0626. The van der Waals surface area contributed by atoms with Crippen LogP contribution in [0.1, 0.15) is 30.1 Å². The third-order valence-electron chi connectivity index (χ3n) is 5.96. The molecule has 3 aromatic rings. The lowest BCUT2D eigenvalue weighted by Crippen LogP contribution is -2.33. The van der Waals surface area contributed by atoms with Crippen molar-refractivity contribution in [3.05, 3.63) is 57.5 Å². The molecule has 2 heterocycles. The van der Waals surface area contributed by atoms with Crippen molar-refractivity contribution in [1.82, 2.24) is 4.98 Å². The van der Waals surface area contributed by atoms with E-state index in [0.29, 0.717) is 33.9 Å². The number of benzene rings is 2. The van der Waals surface area contributed by atoms with Crippen LogP contribution in [0.5, 0.6) is 11.5 Å². The maximum Gasteiger partial charge on any atom is 0.293 e. The normalized spacial score (nSPS) is 14.0. The van der Waals surface area contributed by atoms with E-state index in [0.717, 1.165) is 31.5 Å². The Labute approximate surface area is 201 Å². The van der Waals surface area contributed by atoms with Crippen LogP contribution in [-0.2, 0) is 0 Å². The summed E-state index contributed by atoms with van der Waals surface area (Å²) in [5.41, 5.74) is 2.18. The lowest BCUT2D eigenvalue weighted by molar-refractivity contribution is -0.384. The summed E-state index contributed by atoms with van der Waals surface area (Å²) in [4.78, 5) is 30.6. The first-order chi connectivity index (χ1) is 16.4. The zero-order chi connectivity index (χ0) is 24.2. The largest absolute Gasteiger partial charge is 0.493 e. The number of nitrogens with one attached hydrogen (secondary N) is 1. The van der Waals surface area contributed by atoms with Gasteiger partial charge in [-0.2, -0.15) is 0 Å². The van der Waals surface area contributed by atoms with E-state index in [4.69, 9.17) is 9.47 Å². The highest BCUT2D eigenvalue weighted by Crippen LogP contribution is 2.35. The van der Waals surface area contributed by atoms with Crippen molar-refractivity contribution in [3.63, 3.8) is 0 Å². The van der Waals surface area contributed by atoms with Gasteiger partial charge in [-0.15, -0.1) is 11.3 Å². The highest BCUT2D eigenvalue weighted by molar-refractivity contribution is 7.14. The second-order valence-electron chi connectivity index (χ2n) is 8.19. The Bertz CT molecular complexity index is 1200. The van der Waals surface area contributed by atoms with Crippen molar-refractivity contribution in [2.24, 2.45) is 5.92 Å². The van der Waals surface area contributed by atoms with Crippen LogP contribution in [0, 0.1) is 16.0 Å². The fraction of sp³-hybridized carbons (Fsp3) is 0.333. The first kappa shape index (κ1) is 23.5. The summed E-state index contributed by atoms with van der Waals surface area (Å²) in [5.74, 6) is 1.35. The van der Waals surface area contributed by atoms with Gasteiger partial charge in [-0.05, 0) is 49.1 Å². The molecule has 0 spiro atoms. The molecule has 1 amide bonds. The number of piperidine rings is 1. The van der Waals surface area contributed by atoms with Crippen LogP contribution in [0.4, 0.5) is 16.5 Å². The van der Waals surface area contributed by atoms with E-state index in [1.165, 1.54) is 17.4 Å². The minimum Gasteiger partial charge on any atom is -0.493 e. The molecule has 0 aliphatic carbocycles. The Morgan fingerprint density at radius 2 is 1.88 bits per heavy atom. The molecule has 1 fully saturated rings. The maximum absolute atomic E-state index is 12.8. The van der Waals surface area contributed by atoms with Crippen LogP contribution in [0.2, 0.25) is 0 Å². The molecule has 0 atom stereocenters.